The van der Waals surface area contributed by atoms with Crippen molar-refractivity contribution in [1.82, 2.24) is 20.4 Å². The Balaban J connectivity index is 1.53. The molecule has 118 valence electrons. The van der Waals surface area contributed by atoms with Gasteiger partial charge in [0.2, 0.25) is 5.91 Å². The molecule has 1 amide bonds. The van der Waals surface area contributed by atoms with Crippen LogP contribution in [0.2, 0.25) is 0 Å². The molecule has 0 radical (unpaired) electrons. The number of aromatic nitrogens is 2. The van der Waals surface area contributed by atoms with Gasteiger partial charge in [0.25, 0.3) is 0 Å². The highest BCUT2D eigenvalue weighted by atomic mass is 32.2. The summed E-state index contributed by atoms with van der Waals surface area (Å²) in [5.74, 6) is 0.445. The molecule has 0 aliphatic rings. The first-order chi connectivity index (χ1) is 10.7. The van der Waals surface area contributed by atoms with Gasteiger partial charge in [-0.3, -0.25) is 4.79 Å². The third-order valence-electron chi connectivity index (χ3n) is 3.00. The van der Waals surface area contributed by atoms with Crippen molar-refractivity contribution in [2.75, 3.05) is 25.9 Å². The second-order valence-corrected chi connectivity index (χ2v) is 6.98. The quantitative estimate of drug-likeness (QED) is 0.562. The van der Waals surface area contributed by atoms with Crippen LogP contribution in [0.25, 0.3) is 0 Å². The summed E-state index contributed by atoms with van der Waals surface area (Å²) < 4.78 is 0.831. The molecular formula is C15H20N4OS2. The Kier molecular flexibility index (Phi) is 7.35. The van der Waals surface area contributed by atoms with Gasteiger partial charge in [0.1, 0.15) is 5.51 Å². The standard InChI is InChI=1S/C15H20N4OS2/c1-19(10-13-6-3-2-4-7-13)9-5-8-16-14(20)11-21-15-18-17-12-22-15/h2-4,6-7,12H,5,8-11H2,1H3,(H,16,20). The van der Waals surface area contributed by atoms with Crippen LogP contribution in [0.5, 0.6) is 0 Å². The maximum absolute atomic E-state index is 11.7. The van der Waals surface area contributed by atoms with E-state index in [1.165, 1.54) is 28.7 Å². The molecule has 0 fully saturated rings. The summed E-state index contributed by atoms with van der Waals surface area (Å²) in [7, 11) is 2.10. The largest absolute Gasteiger partial charge is 0.355 e. The summed E-state index contributed by atoms with van der Waals surface area (Å²) in [6, 6.07) is 10.4. The topological polar surface area (TPSA) is 58.1 Å². The van der Waals surface area contributed by atoms with Gasteiger partial charge in [-0.25, -0.2) is 0 Å². The molecule has 0 aliphatic carbocycles. The molecule has 22 heavy (non-hydrogen) atoms. The van der Waals surface area contributed by atoms with Crippen molar-refractivity contribution in [2.24, 2.45) is 0 Å². The lowest BCUT2D eigenvalue weighted by atomic mass is 10.2. The van der Waals surface area contributed by atoms with E-state index in [2.05, 4.69) is 51.7 Å². The van der Waals surface area contributed by atoms with E-state index in [0.717, 1.165) is 23.8 Å². The summed E-state index contributed by atoms with van der Waals surface area (Å²) in [5, 5.41) is 10.6. The molecule has 0 saturated carbocycles. The van der Waals surface area contributed by atoms with Crippen LogP contribution in [-0.2, 0) is 11.3 Å². The number of rotatable bonds is 9. The highest BCUT2D eigenvalue weighted by Crippen LogP contribution is 2.17. The summed E-state index contributed by atoms with van der Waals surface area (Å²) in [6.45, 7) is 2.59. The number of thioether (sulfide) groups is 1. The van der Waals surface area contributed by atoms with Gasteiger partial charge in [-0.2, -0.15) is 0 Å². The lowest BCUT2D eigenvalue weighted by Crippen LogP contribution is -2.29. The van der Waals surface area contributed by atoms with Gasteiger partial charge < -0.3 is 10.2 Å². The smallest absolute Gasteiger partial charge is 0.230 e. The Morgan fingerprint density at radius 1 is 1.36 bits per heavy atom. The van der Waals surface area contributed by atoms with E-state index < -0.39 is 0 Å². The van der Waals surface area contributed by atoms with E-state index in [4.69, 9.17) is 0 Å². The monoisotopic (exact) mass is 336 g/mol. The number of hydrogen-bond donors (Lipinski definition) is 1. The molecule has 0 bridgehead atoms. The minimum atomic E-state index is 0.0471. The van der Waals surface area contributed by atoms with Crippen LogP contribution in [0, 0.1) is 0 Å². The SMILES string of the molecule is CN(CCCNC(=O)CSc1nncs1)Cc1ccccc1. The second kappa shape index (κ2) is 9.55. The lowest BCUT2D eigenvalue weighted by molar-refractivity contribution is -0.118. The molecule has 1 N–H and O–H groups in total. The van der Waals surface area contributed by atoms with Crippen molar-refractivity contribution in [1.29, 1.82) is 0 Å². The molecular weight excluding hydrogens is 316 g/mol. The number of benzene rings is 1. The summed E-state index contributed by atoms with van der Waals surface area (Å²) >= 11 is 2.88. The molecule has 2 aromatic rings. The number of nitrogens with one attached hydrogen (secondary N) is 1. The Morgan fingerprint density at radius 2 is 2.18 bits per heavy atom. The van der Waals surface area contributed by atoms with Gasteiger partial charge in [-0.05, 0) is 25.6 Å². The van der Waals surface area contributed by atoms with E-state index >= 15 is 0 Å². The molecule has 1 aromatic carbocycles. The number of carbonyl (C=O) groups is 1. The van der Waals surface area contributed by atoms with Crippen LogP contribution in [-0.4, -0.2) is 46.9 Å². The lowest BCUT2D eigenvalue weighted by Gasteiger charge is -2.16. The van der Waals surface area contributed by atoms with Gasteiger partial charge in [0.15, 0.2) is 4.34 Å². The van der Waals surface area contributed by atoms with E-state index in [0.29, 0.717) is 12.3 Å². The minimum absolute atomic E-state index is 0.0471. The van der Waals surface area contributed by atoms with Gasteiger partial charge in [0, 0.05) is 13.1 Å². The highest BCUT2D eigenvalue weighted by Gasteiger charge is 2.05. The number of amides is 1. The van der Waals surface area contributed by atoms with Crippen molar-refractivity contribution in [3.05, 3.63) is 41.4 Å². The van der Waals surface area contributed by atoms with Crippen molar-refractivity contribution >= 4 is 29.0 Å². The number of carbonyl (C=O) groups excluding carboxylic acids is 1. The molecule has 0 unspecified atom stereocenters. The van der Waals surface area contributed by atoms with Crippen LogP contribution in [0.3, 0.4) is 0 Å². The first-order valence-electron chi connectivity index (χ1n) is 7.12. The van der Waals surface area contributed by atoms with Crippen molar-refractivity contribution in [2.45, 2.75) is 17.3 Å². The Hall–Kier alpha value is -1.44. The van der Waals surface area contributed by atoms with Gasteiger partial charge in [-0.15, -0.1) is 10.2 Å². The normalized spacial score (nSPS) is 10.8. The summed E-state index contributed by atoms with van der Waals surface area (Å²) in [4.78, 5) is 13.9. The fourth-order valence-electron chi connectivity index (χ4n) is 1.96. The zero-order valence-corrected chi connectivity index (χ0v) is 14.2. The van der Waals surface area contributed by atoms with Crippen LogP contribution >= 0.6 is 23.1 Å². The van der Waals surface area contributed by atoms with Crippen LogP contribution < -0.4 is 5.32 Å². The van der Waals surface area contributed by atoms with Gasteiger partial charge in [0.05, 0.1) is 5.75 Å². The zero-order valence-electron chi connectivity index (χ0n) is 12.6. The van der Waals surface area contributed by atoms with E-state index in [-0.39, 0.29) is 5.91 Å². The maximum Gasteiger partial charge on any atom is 0.230 e. The zero-order chi connectivity index (χ0) is 15.6. The number of nitrogens with zero attached hydrogens (tertiary/aromatic N) is 3. The molecule has 1 aromatic heterocycles. The van der Waals surface area contributed by atoms with Crippen molar-refractivity contribution < 1.29 is 4.79 Å². The predicted octanol–water partition coefficient (Wildman–Crippen LogP) is 2.27. The highest BCUT2D eigenvalue weighted by molar-refractivity contribution is 8.01. The molecule has 1 heterocycles. The first-order valence-corrected chi connectivity index (χ1v) is 8.98. The molecule has 5 nitrogen and oxygen atoms in total. The van der Waals surface area contributed by atoms with E-state index in [9.17, 15) is 4.79 Å². The second-order valence-electron chi connectivity index (χ2n) is 4.92. The molecule has 0 spiro atoms. The summed E-state index contributed by atoms with van der Waals surface area (Å²) in [6.07, 6.45) is 0.943. The van der Waals surface area contributed by atoms with Crippen molar-refractivity contribution in [3.63, 3.8) is 0 Å². The van der Waals surface area contributed by atoms with Crippen LogP contribution in [0.4, 0.5) is 0 Å². The Bertz CT molecular complexity index is 548. The molecule has 0 atom stereocenters. The summed E-state index contributed by atoms with van der Waals surface area (Å²) in [5.41, 5.74) is 2.98. The maximum atomic E-state index is 11.7. The van der Waals surface area contributed by atoms with Gasteiger partial charge >= 0.3 is 0 Å². The van der Waals surface area contributed by atoms with Crippen LogP contribution in [0.15, 0.2) is 40.2 Å². The fourth-order valence-corrected chi connectivity index (χ4v) is 3.27. The fraction of sp³-hybridized carbons (Fsp3) is 0.400. The van der Waals surface area contributed by atoms with Crippen LogP contribution in [0.1, 0.15) is 12.0 Å². The molecule has 0 saturated heterocycles. The van der Waals surface area contributed by atoms with Crippen molar-refractivity contribution in [3.8, 4) is 0 Å². The molecule has 0 aliphatic heterocycles. The Morgan fingerprint density at radius 3 is 2.91 bits per heavy atom. The average Bonchev–Trinajstić information content (AvgIpc) is 3.04. The van der Waals surface area contributed by atoms with E-state index in [1.54, 1.807) is 5.51 Å². The third kappa shape index (κ3) is 6.55. The first kappa shape index (κ1) is 16.9. The molecule has 7 heteroatoms. The van der Waals surface area contributed by atoms with E-state index in [1.807, 2.05) is 6.07 Å². The third-order valence-corrected chi connectivity index (χ3v) is 4.86. The molecule has 2 rings (SSSR count). The predicted molar refractivity (Wildman–Crippen MR) is 91.0 cm³/mol. The minimum Gasteiger partial charge on any atom is -0.355 e. The van der Waals surface area contributed by atoms with Gasteiger partial charge in [-0.1, -0.05) is 53.4 Å². The number of hydrogen-bond acceptors (Lipinski definition) is 6. The Labute approximate surface area is 139 Å². The average molecular weight is 336 g/mol.